The van der Waals surface area contributed by atoms with Crippen LogP contribution in [0.1, 0.15) is 15.9 Å². The quantitative estimate of drug-likeness (QED) is 0.346. The molecule has 4 rings (SSSR count). The van der Waals surface area contributed by atoms with Crippen molar-refractivity contribution in [2.45, 2.75) is 6.42 Å². The number of rotatable bonds is 7. The standard InChI is InChI=1S/C24H18Cl2N4O5/c25-18-10-15(30-24(34)29-21(32)13-28-30)11-19(26)22(18)35-16-6-7-20(31)17(12-16)23(33)27-9-8-14-4-2-1-3-5-14/h1-7,10-13,31H,8-9H2,(H,27,33)(H,29,32,34). The van der Waals surface area contributed by atoms with Crippen LogP contribution in [0.15, 0.2) is 76.4 Å². The highest BCUT2D eigenvalue weighted by atomic mass is 35.5. The van der Waals surface area contributed by atoms with Gasteiger partial charge in [0.1, 0.15) is 17.7 Å². The van der Waals surface area contributed by atoms with Crippen molar-refractivity contribution in [3.05, 3.63) is 109 Å². The van der Waals surface area contributed by atoms with E-state index in [1.807, 2.05) is 30.3 Å². The SMILES string of the molecule is O=C(NCCc1ccccc1)c1cc(Oc2c(Cl)cc(-n3ncc(=O)[nH]c3=O)cc2Cl)ccc1O. The van der Waals surface area contributed by atoms with Gasteiger partial charge in [-0.2, -0.15) is 9.78 Å². The molecule has 0 atom stereocenters. The van der Waals surface area contributed by atoms with E-state index in [1.54, 1.807) is 0 Å². The van der Waals surface area contributed by atoms with Gasteiger partial charge in [0, 0.05) is 6.54 Å². The molecule has 178 valence electrons. The third-order valence-electron chi connectivity index (χ3n) is 4.92. The number of aromatic nitrogens is 3. The minimum atomic E-state index is -0.764. The van der Waals surface area contributed by atoms with Crippen molar-refractivity contribution in [1.29, 1.82) is 0 Å². The molecule has 35 heavy (non-hydrogen) atoms. The van der Waals surface area contributed by atoms with Crippen LogP contribution in [-0.4, -0.2) is 32.3 Å². The normalized spacial score (nSPS) is 10.7. The van der Waals surface area contributed by atoms with Crippen molar-refractivity contribution >= 4 is 29.1 Å². The number of aromatic amines is 1. The molecule has 0 saturated heterocycles. The largest absolute Gasteiger partial charge is 0.507 e. The van der Waals surface area contributed by atoms with Crippen LogP contribution in [0.3, 0.4) is 0 Å². The molecule has 4 aromatic rings. The molecule has 0 fully saturated rings. The monoisotopic (exact) mass is 512 g/mol. The van der Waals surface area contributed by atoms with E-state index in [-0.39, 0.29) is 38.5 Å². The van der Waals surface area contributed by atoms with Crippen molar-refractivity contribution in [2.75, 3.05) is 6.54 Å². The third kappa shape index (κ3) is 5.71. The minimum Gasteiger partial charge on any atom is -0.507 e. The van der Waals surface area contributed by atoms with Crippen LogP contribution in [-0.2, 0) is 6.42 Å². The van der Waals surface area contributed by atoms with Gasteiger partial charge < -0.3 is 15.2 Å². The van der Waals surface area contributed by atoms with E-state index in [0.29, 0.717) is 13.0 Å². The van der Waals surface area contributed by atoms with Crippen LogP contribution < -0.4 is 21.3 Å². The first-order chi connectivity index (χ1) is 16.8. The lowest BCUT2D eigenvalue weighted by Gasteiger charge is -2.13. The number of ether oxygens (including phenoxy) is 1. The zero-order valence-corrected chi connectivity index (χ0v) is 19.5. The van der Waals surface area contributed by atoms with E-state index < -0.39 is 17.2 Å². The molecule has 0 radical (unpaired) electrons. The fourth-order valence-electron chi connectivity index (χ4n) is 3.24. The van der Waals surface area contributed by atoms with Crippen LogP contribution in [0, 0.1) is 0 Å². The van der Waals surface area contributed by atoms with Crippen LogP contribution >= 0.6 is 23.2 Å². The number of carbonyl (C=O) groups is 1. The number of halogens is 2. The van der Waals surface area contributed by atoms with Crippen molar-refractivity contribution < 1.29 is 14.6 Å². The predicted octanol–water partition coefficient (Wildman–Crippen LogP) is 3.70. The minimum absolute atomic E-state index is 0.0171. The molecule has 3 N–H and O–H groups in total. The summed E-state index contributed by atoms with van der Waals surface area (Å²) in [5.74, 6) is -0.423. The van der Waals surface area contributed by atoms with Gasteiger partial charge in [-0.1, -0.05) is 53.5 Å². The van der Waals surface area contributed by atoms with Crippen LogP contribution in [0.2, 0.25) is 10.0 Å². The molecule has 1 aromatic heterocycles. The van der Waals surface area contributed by atoms with Gasteiger partial charge >= 0.3 is 5.69 Å². The van der Waals surface area contributed by atoms with E-state index in [4.69, 9.17) is 27.9 Å². The van der Waals surface area contributed by atoms with Gasteiger partial charge in [0.05, 0.1) is 21.3 Å². The van der Waals surface area contributed by atoms with Gasteiger partial charge in [0.15, 0.2) is 5.75 Å². The highest BCUT2D eigenvalue weighted by Gasteiger charge is 2.16. The first kappa shape index (κ1) is 24.1. The molecule has 0 bridgehead atoms. The lowest BCUT2D eigenvalue weighted by atomic mass is 10.1. The number of nitrogens with one attached hydrogen (secondary N) is 2. The molecular formula is C24H18Cl2N4O5. The number of hydrogen-bond acceptors (Lipinski definition) is 6. The van der Waals surface area contributed by atoms with E-state index in [2.05, 4.69) is 15.4 Å². The molecule has 0 spiro atoms. The van der Waals surface area contributed by atoms with Gasteiger partial charge in [-0.3, -0.25) is 14.6 Å². The number of amides is 1. The lowest BCUT2D eigenvalue weighted by molar-refractivity contribution is 0.0951. The summed E-state index contributed by atoms with van der Waals surface area (Å²) in [4.78, 5) is 37.9. The molecule has 0 aliphatic carbocycles. The lowest BCUT2D eigenvalue weighted by Crippen LogP contribution is -2.30. The number of hydrogen-bond donors (Lipinski definition) is 3. The highest BCUT2D eigenvalue weighted by Crippen LogP contribution is 2.38. The van der Waals surface area contributed by atoms with Gasteiger partial charge in [0.25, 0.3) is 11.5 Å². The fourth-order valence-corrected chi connectivity index (χ4v) is 3.79. The van der Waals surface area contributed by atoms with Crippen molar-refractivity contribution in [3.63, 3.8) is 0 Å². The van der Waals surface area contributed by atoms with Gasteiger partial charge in [-0.05, 0) is 42.3 Å². The molecule has 1 amide bonds. The zero-order valence-electron chi connectivity index (χ0n) is 18.0. The van der Waals surface area contributed by atoms with E-state index in [0.717, 1.165) is 16.4 Å². The smallest absolute Gasteiger partial charge is 0.349 e. The molecule has 0 saturated carbocycles. The molecule has 11 heteroatoms. The van der Waals surface area contributed by atoms with Gasteiger partial charge in [-0.25, -0.2) is 4.79 Å². The zero-order chi connectivity index (χ0) is 24.9. The molecule has 0 aliphatic heterocycles. The second-order valence-electron chi connectivity index (χ2n) is 7.36. The van der Waals surface area contributed by atoms with Crippen molar-refractivity contribution in [2.24, 2.45) is 0 Å². The maximum Gasteiger partial charge on any atom is 0.349 e. The average molecular weight is 513 g/mol. The molecule has 0 unspecified atom stereocenters. The van der Waals surface area contributed by atoms with Crippen LogP contribution in [0.4, 0.5) is 0 Å². The molecular weight excluding hydrogens is 495 g/mol. The first-order valence-electron chi connectivity index (χ1n) is 10.3. The number of aromatic hydroxyl groups is 1. The summed E-state index contributed by atoms with van der Waals surface area (Å²) in [6, 6.07) is 16.6. The second kappa shape index (κ2) is 10.5. The number of carbonyl (C=O) groups excluding carboxylic acids is 1. The Labute approximate surface area is 208 Å². The van der Waals surface area contributed by atoms with Crippen LogP contribution in [0.5, 0.6) is 17.2 Å². The summed E-state index contributed by atoms with van der Waals surface area (Å²) < 4.78 is 6.70. The van der Waals surface area contributed by atoms with E-state index >= 15 is 0 Å². The van der Waals surface area contributed by atoms with Crippen LogP contribution in [0.25, 0.3) is 5.69 Å². The molecule has 1 heterocycles. The van der Waals surface area contributed by atoms with Gasteiger partial charge in [0.2, 0.25) is 0 Å². The summed E-state index contributed by atoms with van der Waals surface area (Å²) in [7, 11) is 0. The second-order valence-corrected chi connectivity index (χ2v) is 8.18. The fraction of sp³-hybridized carbons (Fsp3) is 0.0833. The maximum atomic E-state index is 12.6. The number of nitrogens with zero attached hydrogens (tertiary/aromatic N) is 2. The maximum absolute atomic E-state index is 12.6. The van der Waals surface area contributed by atoms with E-state index in [9.17, 15) is 19.5 Å². The highest BCUT2D eigenvalue weighted by molar-refractivity contribution is 6.37. The third-order valence-corrected chi connectivity index (χ3v) is 5.48. The number of H-pyrrole nitrogens is 1. The van der Waals surface area contributed by atoms with Crippen molar-refractivity contribution in [3.8, 4) is 22.9 Å². The molecule has 3 aromatic carbocycles. The Balaban J connectivity index is 1.52. The summed E-state index contributed by atoms with van der Waals surface area (Å²) in [5.41, 5.74) is -0.113. The Morgan fingerprint density at radius 2 is 1.77 bits per heavy atom. The van der Waals surface area contributed by atoms with Crippen molar-refractivity contribution in [1.82, 2.24) is 20.1 Å². The van der Waals surface area contributed by atoms with Gasteiger partial charge in [-0.15, -0.1) is 0 Å². The Hall–Kier alpha value is -4.08. The summed E-state index contributed by atoms with van der Waals surface area (Å²) in [6.45, 7) is 0.380. The first-order valence-corrected chi connectivity index (χ1v) is 11.1. The summed E-state index contributed by atoms with van der Waals surface area (Å²) >= 11 is 12.7. The summed E-state index contributed by atoms with van der Waals surface area (Å²) in [5, 5.41) is 16.8. The Morgan fingerprint density at radius 3 is 2.46 bits per heavy atom. The summed E-state index contributed by atoms with van der Waals surface area (Å²) in [6.07, 6.45) is 1.57. The topological polar surface area (TPSA) is 126 Å². The van der Waals surface area contributed by atoms with E-state index in [1.165, 1.54) is 30.3 Å². The molecule has 9 nitrogen and oxygen atoms in total. The predicted molar refractivity (Wildman–Crippen MR) is 131 cm³/mol. The average Bonchev–Trinajstić information content (AvgIpc) is 2.83. The number of phenolic OH excluding ortho intramolecular Hbond substituents is 1. The molecule has 0 aliphatic rings. The Bertz CT molecular complexity index is 1480. The Kier molecular flexibility index (Phi) is 7.19. The Morgan fingerprint density at radius 1 is 1.06 bits per heavy atom. The number of benzene rings is 3. The number of phenols is 1.